The third-order valence-corrected chi connectivity index (χ3v) is 4.06. The Balaban J connectivity index is 1.79. The number of hydrogen-bond acceptors (Lipinski definition) is 6. The molecule has 0 unspecified atom stereocenters. The molecular weight excluding hydrogens is 296 g/mol. The highest BCUT2D eigenvalue weighted by molar-refractivity contribution is 5.93. The summed E-state index contributed by atoms with van der Waals surface area (Å²) in [7, 11) is 1.55. The Morgan fingerprint density at radius 2 is 2.04 bits per heavy atom. The molecule has 1 aliphatic rings. The van der Waals surface area contributed by atoms with Crippen molar-refractivity contribution in [1.82, 2.24) is 20.3 Å². The number of pyridine rings is 1. The molecule has 0 spiro atoms. The zero-order chi connectivity index (χ0) is 16.2. The van der Waals surface area contributed by atoms with Crippen LogP contribution in [0.4, 0.5) is 0 Å². The first-order valence-electron chi connectivity index (χ1n) is 7.41. The van der Waals surface area contributed by atoms with Gasteiger partial charge in [-0.2, -0.15) is 0 Å². The fourth-order valence-electron chi connectivity index (χ4n) is 2.71. The van der Waals surface area contributed by atoms with E-state index in [2.05, 4.69) is 20.3 Å². The third-order valence-electron chi connectivity index (χ3n) is 4.06. The molecule has 7 heteroatoms. The number of aliphatic hydroxyl groups is 1. The van der Waals surface area contributed by atoms with Gasteiger partial charge < -0.3 is 15.2 Å². The Labute approximate surface area is 133 Å². The predicted octanol–water partition coefficient (Wildman–Crippen LogP) is 1.12. The maximum absolute atomic E-state index is 12.4. The van der Waals surface area contributed by atoms with Crippen LogP contribution in [0.2, 0.25) is 0 Å². The van der Waals surface area contributed by atoms with Gasteiger partial charge in [-0.3, -0.25) is 4.79 Å². The van der Waals surface area contributed by atoms with E-state index in [-0.39, 0.29) is 24.0 Å². The minimum absolute atomic E-state index is 0.175. The number of carbonyl (C=O) groups is 1. The van der Waals surface area contributed by atoms with Crippen molar-refractivity contribution in [3.8, 4) is 5.88 Å². The number of nitrogens with zero attached hydrogens (tertiary/aromatic N) is 3. The maximum atomic E-state index is 12.4. The predicted molar refractivity (Wildman–Crippen MR) is 81.8 cm³/mol. The Kier molecular flexibility index (Phi) is 4.47. The van der Waals surface area contributed by atoms with Crippen molar-refractivity contribution >= 4 is 5.91 Å². The Morgan fingerprint density at radius 1 is 1.30 bits per heavy atom. The van der Waals surface area contributed by atoms with Gasteiger partial charge in [0.2, 0.25) is 5.88 Å². The molecule has 0 saturated heterocycles. The van der Waals surface area contributed by atoms with Gasteiger partial charge >= 0.3 is 0 Å². The smallest absolute Gasteiger partial charge is 0.254 e. The summed E-state index contributed by atoms with van der Waals surface area (Å²) < 4.78 is 5.06. The van der Waals surface area contributed by atoms with Crippen LogP contribution in [0.1, 0.15) is 34.8 Å². The van der Waals surface area contributed by atoms with Crippen LogP contribution in [0.3, 0.4) is 0 Å². The third kappa shape index (κ3) is 3.45. The number of aliphatic hydroxyl groups excluding tert-OH is 1. The summed E-state index contributed by atoms with van der Waals surface area (Å²) in [5.41, 5.74) is 1.28. The van der Waals surface area contributed by atoms with E-state index in [9.17, 15) is 9.90 Å². The topological polar surface area (TPSA) is 97.2 Å². The molecule has 2 aromatic rings. The van der Waals surface area contributed by atoms with E-state index in [1.165, 1.54) is 18.7 Å². The summed E-state index contributed by atoms with van der Waals surface area (Å²) in [5, 5.41) is 12.6. The second kappa shape index (κ2) is 6.70. The molecule has 1 amide bonds. The summed E-state index contributed by atoms with van der Waals surface area (Å²) in [6, 6.07) is 3.42. The molecule has 1 atom stereocenters. The van der Waals surface area contributed by atoms with Crippen molar-refractivity contribution in [3.05, 3.63) is 48.2 Å². The largest absolute Gasteiger partial charge is 0.481 e. The average molecular weight is 314 g/mol. The van der Waals surface area contributed by atoms with E-state index >= 15 is 0 Å². The second-order valence-corrected chi connectivity index (χ2v) is 5.60. The lowest BCUT2D eigenvalue weighted by atomic mass is 9.75. The van der Waals surface area contributed by atoms with Gasteiger partial charge in [0.05, 0.1) is 24.8 Å². The van der Waals surface area contributed by atoms with Crippen molar-refractivity contribution in [3.63, 3.8) is 0 Å². The van der Waals surface area contributed by atoms with E-state index in [4.69, 9.17) is 4.74 Å². The molecule has 0 bridgehead atoms. The van der Waals surface area contributed by atoms with Gasteiger partial charge in [-0.25, -0.2) is 15.0 Å². The quantitative estimate of drug-likeness (QED) is 0.858. The number of amides is 1. The molecule has 0 radical (unpaired) electrons. The molecule has 120 valence electrons. The lowest BCUT2D eigenvalue weighted by molar-refractivity contribution is 0.0234. The number of methoxy groups -OCH3 is 1. The molecule has 1 aliphatic carbocycles. The molecule has 1 fully saturated rings. The monoisotopic (exact) mass is 314 g/mol. The number of aromatic nitrogens is 3. The summed E-state index contributed by atoms with van der Waals surface area (Å²) >= 11 is 0. The number of ether oxygens (including phenoxy) is 1. The fraction of sp³-hybridized carbons (Fsp3) is 0.375. The van der Waals surface area contributed by atoms with Crippen molar-refractivity contribution < 1.29 is 14.6 Å². The van der Waals surface area contributed by atoms with Crippen LogP contribution in [0.5, 0.6) is 5.88 Å². The highest BCUT2D eigenvalue weighted by atomic mass is 16.5. The molecule has 2 heterocycles. The summed E-state index contributed by atoms with van der Waals surface area (Å²) in [5.74, 6) is 0.450. The molecule has 0 aromatic carbocycles. The first-order valence-corrected chi connectivity index (χ1v) is 7.41. The lowest BCUT2D eigenvalue weighted by Crippen LogP contribution is -2.41. The van der Waals surface area contributed by atoms with Crippen molar-refractivity contribution in [2.75, 3.05) is 7.11 Å². The van der Waals surface area contributed by atoms with E-state index in [1.807, 2.05) is 6.07 Å². The number of rotatable bonds is 5. The van der Waals surface area contributed by atoms with Crippen LogP contribution in [-0.2, 0) is 0 Å². The Hall–Kier alpha value is -2.54. The van der Waals surface area contributed by atoms with Gasteiger partial charge in [0, 0.05) is 24.7 Å². The Bertz CT molecular complexity index is 657. The fourth-order valence-corrected chi connectivity index (χ4v) is 2.71. The summed E-state index contributed by atoms with van der Waals surface area (Å²) in [4.78, 5) is 24.3. The standard InChI is InChI=1S/C16H18N4O3/c1-23-14-3-2-10(8-19-14)15(11-4-13(21)5-11)20-16(22)12-6-17-9-18-7-12/h2-3,6-9,11,13,15,21H,4-5H2,1H3,(H,20,22)/t11?,13?,15-/m0/s1. The van der Waals surface area contributed by atoms with Crippen LogP contribution < -0.4 is 10.1 Å². The second-order valence-electron chi connectivity index (χ2n) is 5.60. The van der Waals surface area contributed by atoms with E-state index in [0.717, 1.165) is 5.56 Å². The first-order chi connectivity index (χ1) is 11.2. The van der Waals surface area contributed by atoms with E-state index in [1.54, 1.807) is 19.4 Å². The van der Waals surface area contributed by atoms with Crippen molar-refractivity contribution in [2.24, 2.45) is 5.92 Å². The summed E-state index contributed by atoms with van der Waals surface area (Å²) in [6.07, 6.45) is 7.03. The maximum Gasteiger partial charge on any atom is 0.254 e. The normalized spacial score (nSPS) is 21.1. The van der Waals surface area contributed by atoms with Gasteiger partial charge in [-0.15, -0.1) is 0 Å². The van der Waals surface area contributed by atoms with Gasteiger partial charge in [0.25, 0.3) is 5.91 Å². The SMILES string of the molecule is COc1ccc([C@H](NC(=O)c2cncnc2)C2CC(O)C2)cn1. The van der Waals surface area contributed by atoms with Gasteiger partial charge in [-0.05, 0) is 24.3 Å². The Morgan fingerprint density at radius 3 is 2.61 bits per heavy atom. The molecule has 2 aromatic heterocycles. The van der Waals surface area contributed by atoms with Crippen LogP contribution in [0, 0.1) is 5.92 Å². The number of carbonyl (C=O) groups excluding carboxylic acids is 1. The van der Waals surface area contributed by atoms with Crippen LogP contribution >= 0.6 is 0 Å². The van der Waals surface area contributed by atoms with E-state index < -0.39 is 0 Å². The van der Waals surface area contributed by atoms with E-state index in [0.29, 0.717) is 24.3 Å². The average Bonchev–Trinajstić information content (AvgIpc) is 2.58. The highest BCUT2D eigenvalue weighted by Crippen LogP contribution is 2.38. The minimum atomic E-state index is -0.300. The first kappa shape index (κ1) is 15.4. The molecule has 7 nitrogen and oxygen atoms in total. The minimum Gasteiger partial charge on any atom is -0.481 e. The molecule has 2 N–H and O–H groups in total. The number of hydrogen-bond donors (Lipinski definition) is 2. The van der Waals surface area contributed by atoms with Crippen LogP contribution in [0.25, 0.3) is 0 Å². The van der Waals surface area contributed by atoms with Crippen LogP contribution in [0.15, 0.2) is 37.1 Å². The highest BCUT2D eigenvalue weighted by Gasteiger charge is 2.36. The van der Waals surface area contributed by atoms with Gasteiger partial charge in [-0.1, -0.05) is 6.07 Å². The van der Waals surface area contributed by atoms with Crippen molar-refractivity contribution in [2.45, 2.75) is 25.0 Å². The molecule has 23 heavy (non-hydrogen) atoms. The van der Waals surface area contributed by atoms with Crippen molar-refractivity contribution in [1.29, 1.82) is 0 Å². The molecule has 0 aliphatic heterocycles. The molecule has 3 rings (SSSR count). The number of nitrogens with one attached hydrogen (secondary N) is 1. The molecular formula is C16H18N4O3. The summed E-state index contributed by atoms with van der Waals surface area (Å²) in [6.45, 7) is 0. The zero-order valence-electron chi connectivity index (χ0n) is 12.7. The zero-order valence-corrected chi connectivity index (χ0v) is 12.7. The van der Waals surface area contributed by atoms with Crippen LogP contribution in [-0.4, -0.2) is 39.2 Å². The van der Waals surface area contributed by atoms with Gasteiger partial charge in [0.1, 0.15) is 6.33 Å². The molecule has 1 saturated carbocycles. The lowest BCUT2D eigenvalue weighted by Gasteiger charge is -2.38. The van der Waals surface area contributed by atoms with Gasteiger partial charge in [0.15, 0.2) is 0 Å².